The quantitative estimate of drug-likeness (QED) is 0.672. The molecule has 0 radical (unpaired) electrons. The lowest BCUT2D eigenvalue weighted by molar-refractivity contribution is -0.138. The fraction of sp³-hybridized carbons (Fsp3) is 0.273. The number of benzene rings is 2. The van der Waals surface area contributed by atoms with E-state index in [2.05, 4.69) is 10.3 Å². The van der Waals surface area contributed by atoms with E-state index in [-0.39, 0.29) is 0 Å². The van der Waals surface area contributed by atoms with Gasteiger partial charge in [0.15, 0.2) is 0 Å². The van der Waals surface area contributed by atoms with Gasteiger partial charge in [-0.15, -0.1) is 0 Å². The number of ether oxygens (including phenoxy) is 1. The lowest BCUT2D eigenvalue weighted by Crippen LogP contribution is -2.33. The molecule has 1 aromatic heterocycles. The number of carboxylic acid groups (broad SMARTS) is 1. The van der Waals surface area contributed by atoms with E-state index >= 15 is 0 Å². The Morgan fingerprint density at radius 2 is 2.11 bits per heavy atom. The van der Waals surface area contributed by atoms with Crippen molar-refractivity contribution in [2.75, 3.05) is 11.9 Å². The van der Waals surface area contributed by atoms with Gasteiger partial charge in [-0.25, -0.2) is 9.78 Å². The van der Waals surface area contributed by atoms with E-state index in [1.165, 1.54) is 0 Å². The van der Waals surface area contributed by atoms with Gasteiger partial charge in [0, 0.05) is 17.7 Å². The van der Waals surface area contributed by atoms with Crippen LogP contribution in [0.5, 0.6) is 5.75 Å². The fourth-order valence-corrected chi connectivity index (χ4v) is 3.38. The zero-order valence-corrected chi connectivity index (χ0v) is 15.6. The Balaban J connectivity index is 1.37. The van der Waals surface area contributed by atoms with Gasteiger partial charge in [-0.1, -0.05) is 18.2 Å². The molecule has 1 atom stereocenters. The highest BCUT2D eigenvalue weighted by molar-refractivity contribution is 5.79. The molecule has 0 saturated heterocycles. The molecule has 1 aliphatic rings. The average Bonchev–Trinajstić information content (AvgIpc) is 3.09. The highest BCUT2D eigenvalue weighted by atomic mass is 16.5. The first-order valence-electron chi connectivity index (χ1n) is 9.37. The molecule has 144 valence electrons. The Morgan fingerprint density at radius 3 is 2.89 bits per heavy atom. The molecule has 6 heteroatoms. The number of rotatable bonds is 6. The molecular weight excluding hydrogens is 356 g/mol. The van der Waals surface area contributed by atoms with Crippen molar-refractivity contribution in [1.29, 1.82) is 0 Å². The summed E-state index contributed by atoms with van der Waals surface area (Å²) in [5.41, 5.74) is 3.80. The normalized spacial score (nSPS) is 15.5. The van der Waals surface area contributed by atoms with Crippen LogP contribution < -0.4 is 10.1 Å². The number of carbonyl (C=O) groups is 1. The molecule has 1 unspecified atom stereocenters. The number of nitrogens with one attached hydrogen (secondary N) is 1. The number of nitrogens with zero attached hydrogens (tertiary/aromatic N) is 1. The summed E-state index contributed by atoms with van der Waals surface area (Å²) in [6.07, 6.45) is 1.95. The van der Waals surface area contributed by atoms with Crippen LogP contribution in [-0.2, 0) is 17.6 Å². The number of anilines is 1. The highest BCUT2D eigenvalue weighted by Gasteiger charge is 2.23. The van der Waals surface area contributed by atoms with Crippen LogP contribution in [0.15, 0.2) is 52.9 Å². The maximum Gasteiger partial charge on any atom is 0.326 e. The van der Waals surface area contributed by atoms with Gasteiger partial charge in [0.05, 0.1) is 12.3 Å². The summed E-state index contributed by atoms with van der Waals surface area (Å²) in [5.74, 6) is 1.39. The molecule has 2 N–H and O–H groups in total. The van der Waals surface area contributed by atoms with Gasteiger partial charge in [0.1, 0.15) is 17.6 Å². The highest BCUT2D eigenvalue weighted by Crippen LogP contribution is 2.29. The van der Waals surface area contributed by atoms with E-state index in [0.717, 1.165) is 40.4 Å². The minimum atomic E-state index is -0.816. The maximum absolute atomic E-state index is 11.1. The van der Waals surface area contributed by atoms with Gasteiger partial charge in [0.2, 0.25) is 5.89 Å². The number of fused-ring (bicyclic) bond motifs is 1. The number of aliphatic carboxylic acids is 1. The average molecular weight is 378 g/mol. The topological polar surface area (TPSA) is 84.6 Å². The smallest absolute Gasteiger partial charge is 0.326 e. The zero-order chi connectivity index (χ0) is 19.5. The summed E-state index contributed by atoms with van der Waals surface area (Å²) in [4.78, 5) is 15.7. The third kappa shape index (κ3) is 3.86. The molecule has 4 rings (SSSR count). The third-order valence-corrected chi connectivity index (χ3v) is 4.93. The lowest BCUT2D eigenvalue weighted by Gasteiger charge is -2.24. The minimum absolute atomic E-state index is 0.492. The lowest BCUT2D eigenvalue weighted by atomic mass is 9.98. The predicted octanol–water partition coefficient (Wildman–Crippen LogP) is 4.08. The maximum atomic E-state index is 11.1. The number of oxazole rings is 1. The van der Waals surface area contributed by atoms with Gasteiger partial charge >= 0.3 is 5.97 Å². The summed E-state index contributed by atoms with van der Waals surface area (Å²) in [5, 5.41) is 12.2. The Hall–Kier alpha value is -3.28. The molecule has 0 fully saturated rings. The fourth-order valence-electron chi connectivity index (χ4n) is 3.38. The molecule has 0 bridgehead atoms. The van der Waals surface area contributed by atoms with E-state index < -0.39 is 12.0 Å². The summed E-state index contributed by atoms with van der Waals surface area (Å²) in [7, 11) is 0. The van der Waals surface area contributed by atoms with E-state index in [1.807, 2.05) is 55.5 Å². The van der Waals surface area contributed by atoms with Gasteiger partial charge in [0.25, 0.3) is 0 Å². The SMILES string of the molecule is Cc1oc(-c2ccccc2)nc1CCOc1ccc2c(c1)CCC(C(=O)O)N2. The zero-order valence-electron chi connectivity index (χ0n) is 15.6. The van der Waals surface area contributed by atoms with Crippen molar-refractivity contribution in [1.82, 2.24) is 4.98 Å². The first-order valence-corrected chi connectivity index (χ1v) is 9.37. The molecule has 2 aromatic carbocycles. The number of aromatic nitrogens is 1. The summed E-state index contributed by atoms with van der Waals surface area (Å²) >= 11 is 0. The monoisotopic (exact) mass is 378 g/mol. The predicted molar refractivity (Wildman–Crippen MR) is 106 cm³/mol. The van der Waals surface area contributed by atoms with Crippen molar-refractivity contribution in [3.8, 4) is 17.2 Å². The molecule has 6 nitrogen and oxygen atoms in total. The van der Waals surface area contributed by atoms with Crippen LogP contribution in [0.4, 0.5) is 5.69 Å². The Labute approximate surface area is 163 Å². The van der Waals surface area contributed by atoms with Crippen molar-refractivity contribution in [3.63, 3.8) is 0 Å². The van der Waals surface area contributed by atoms with Crippen LogP contribution in [0.25, 0.3) is 11.5 Å². The molecule has 0 amide bonds. The van der Waals surface area contributed by atoms with Crippen molar-refractivity contribution in [3.05, 3.63) is 65.5 Å². The molecule has 28 heavy (non-hydrogen) atoms. The number of aryl methyl sites for hydroxylation is 2. The van der Waals surface area contributed by atoms with Crippen LogP contribution in [0.2, 0.25) is 0 Å². The Morgan fingerprint density at radius 1 is 1.29 bits per heavy atom. The number of hydrogen-bond donors (Lipinski definition) is 2. The first-order chi connectivity index (χ1) is 13.6. The largest absolute Gasteiger partial charge is 0.493 e. The Bertz CT molecular complexity index is 981. The van der Waals surface area contributed by atoms with E-state index in [4.69, 9.17) is 14.3 Å². The molecule has 1 aliphatic heterocycles. The number of carboxylic acids is 1. The molecule has 0 saturated carbocycles. The summed E-state index contributed by atoms with van der Waals surface area (Å²) in [6, 6.07) is 15.0. The minimum Gasteiger partial charge on any atom is -0.493 e. The van der Waals surface area contributed by atoms with E-state index in [1.54, 1.807) is 0 Å². The van der Waals surface area contributed by atoms with Gasteiger partial charge in [-0.2, -0.15) is 0 Å². The van der Waals surface area contributed by atoms with E-state index in [9.17, 15) is 4.79 Å². The molecule has 2 heterocycles. The van der Waals surface area contributed by atoms with Crippen molar-refractivity contribution in [2.24, 2.45) is 0 Å². The second-order valence-corrected chi connectivity index (χ2v) is 6.88. The summed E-state index contributed by atoms with van der Waals surface area (Å²) in [6.45, 7) is 2.41. The van der Waals surface area contributed by atoms with Crippen molar-refractivity contribution in [2.45, 2.75) is 32.2 Å². The molecule has 0 spiro atoms. The second-order valence-electron chi connectivity index (χ2n) is 6.88. The molecule has 0 aliphatic carbocycles. The second kappa shape index (κ2) is 7.76. The van der Waals surface area contributed by atoms with Crippen molar-refractivity contribution < 1.29 is 19.1 Å². The third-order valence-electron chi connectivity index (χ3n) is 4.93. The molecule has 3 aromatic rings. The van der Waals surface area contributed by atoms with Gasteiger partial charge < -0.3 is 19.6 Å². The van der Waals surface area contributed by atoms with E-state index in [0.29, 0.717) is 25.3 Å². The Kier molecular flexibility index (Phi) is 5.02. The van der Waals surface area contributed by atoms with Crippen LogP contribution in [0, 0.1) is 6.92 Å². The van der Waals surface area contributed by atoms with Crippen LogP contribution in [0.3, 0.4) is 0 Å². The molecular formula is C22H22N2O4. The van der Waals surface area contributed by atoms with Crippen LogP contribution in [0.1, 0.15) is 23.4 Å². The number of hydrogen-bond acceptors (Lipinski definition) is 5. The van der Waals surface area contributed by atoms with Gasteiger partial charge in [-0.05, 0) is 55.7 Å². The van der Waals surface area contributed by atoms with Crippen LogP contribution in [-0.4, -0.2) is 28.7 Å². The van der Waals surface area contributed by atoms with Crippen molar-refractivity contribution >= 4 is 11.7 Å². The summed E-state index contributed by atoms with van der Waals surface area (Å²) < 4.78 is 11.7. The first kappa shape index (κ1) is 18.1. The standard InChI is InChI=1S/C22H22N2O4/c1-14-18(24-21(28-14)15-5-3-2-4-6-15)11-12-27-17-8-10-19-16(13-17)7-9-20(23-19)22(25)26/h2-6,8,10,13,20,23H,7,9,11-12H2,1H3,(H,25,26). The van der Waals surface area contributed by atoms with Crippen LogP contribution >= 0.6 is 0 Å². The van der Waals surface area contributed by atoms with Gasteiger partial charge in [-0.3, -0.25) is 0 Å².